The van der Waals surface area contributed by atoms with Gasteiger partial charge in [0.15, 0.2) is 5.78 Å². The first kappa shape index (κ1) is 16.6. The zero-order valence-corrected chi connectivity index (χ0v) is 14.3. The highest BCUT2D eigenvalue weighted by molar-refractivity contribution is 6.10. The Kier molecular flexibility index (Phi) is 3.75. The van der Waals surface area contributed by atoms with E-state index >= 15 is 0 Å². The molecule has 1 atom stereocenters. The number of Topliss-reactive ketones (excluding diaryl/α,β-unsaturated/α-hetero) is 1. The lowest BCUT2D eigenvalue weighted by Gasteiger charge is -2.39. The van der Waals surface area contributed by atoms with Gasteiger partial charge in [0, 0.05) is 17.2 Å². The van der Waals surface area contributed by atoms with Gasteiger partial charge in [-0.2, -0.15) is 5.10 Å². The average Bonchev–Trinajstić information content (AvgIpc) is 3.25. The van der Waals surface area contributed by atoms with Crippen molar-refractivity contribution in [2.45, 2.75) is 52.1 Å². The highest BCUT2D eigenvalue weighted by atomic mass is 16.3. The molecule has 3 rings (SSSR count). The summed E-state index contributed by atoms with van der Waals surface area (Å²) in [5.41, 5.74) is 10.4. The lowest BCUT2D eigenvalue weighted by Crippen LogP contribution is -2.49. The SMILES string of the molecule is CC1=C(CCC=NNC(N)=O)C2=C(C)C3(CC3)C(C)(O)C(=O)C2=C1. The van der Waals surface area contributed by atoms with Gasteiger partial charge in [0.2, 0.25) is 0 Å². The van der Waals surface area contributed by atoms with Crippen LogP contribution in [-0.4, -0.2) is 28.7 Å². The van der Waals surface area contributed by atoms with E-state index in [9.17, 15) is 14.7 Å². The molecule has 2 amide bonds. The lowest BCUT2D eigenvalue weighted by atomic mass is 9.67. The van der Waals surface area contributed by atoms with E-state index in [-0.39, 0.29) is 5.78 Å². The molecule has 0 aromatic carbocycles. The summed E-state index contributed by atoms with van der Waals surface area (Å²) < 4.78 is 0. The number of aliphatic hydroxyl groups is 1. The Morgan fingerprint density at radius 1 is 1.46 bits per heavy atom. The lowest BCUT2D eigenvalue weighted by molar-refractivity contribution is -0.137. The van der Waals surface area contributed by atoms with E-state index in [4.69, 9.17) is 5.73 Å². The highest BCUT2D eigenvalue weighted by Gasteiger charge is 2.64. The van der Waals surface area contributed by atoms with E-state index in [1.165, 1.54) is 0 Å². The molecule has 0 aromatic heterocycles. The van der Waals surface area contributed by atoms with Crippen LogP contribution >= 0.6 is 0 Å². The molecule has 1 unspecified atom stereocenters. The van der Waals surface area contributed by atoms with Gasteiger partial charge in [-0.15, -0.1) is 0 Å². The molecule has 3 aliphatic carbocycles. The Bertz CT molecular complexity index is 749. The van der Waals surface area contributed by atoms with E-state index in [1.807, 2.05) is 19.9 Å². The van der Waals surface area contributed by atoms with Gasteiger partial charge in [0.25, 0.3) is 0 Å². The van der Waals surface area contributed by atoms with Crippen LogP contribution in [0, 0.1) is 5.41 Å². The van der Waals surface area contributed by atoms with Crippen LogP contribution in [-0.2, 0) is 4.79 Å². The summed E-state index contributed by atoms with van der Waals surface area (Å²) >= 11 is 0. The Balaban J connectivity index is 1.87. The monoisotopic (exact) mass is 329 g/mol. The molecular formula is C18H23N3O3. The Morgan fingerprint density at radius 3 is 2.71 bits per heavy atom. The number of primary amides is 1. The zero-order valence-electron chi connectivity index (χ0n) is 14.3. The molecule has 24 heavy (non-hydrogen) atoms. The summed E-state index contributed by atoms with van der Waals surface area (Å²) in [7, 11) is 0. The van der Waals surface area contributed by atoms with Gasteiger partial charge in [0.05, 0.1) is 0 Å². The first-order valence-corrected chi connectivity index (χ1v) is 8.20. The van der Waals surface area contributed by atoms with Crippen LogP contribution in [0.25, 0.3) is 0 Å². The number of ketones is 1. The van der Waals surface area contributed by atoms with Crippen molar-refractivity contribution in [3.05, 3.63) is 33.9 Å². The molecule has 1 spiro atoms. The predicted octanol–water partition coefficient (Wildman–Crippen LogP) is 2.11. The third-order valence-electron chi connectivity index (χ3n) is 5.66. The van der Waals surface area contributed by atoms with Gasteiger partial charge in [0.1, 0.15) is 5.60 Å². The van der Waals surface area contributed by atoms with Crippen LogP contribution in [0.1, 0.15) is 46.5 Å². The van der Waals surface area contributed by atoms with Crippen LogP contribution < -0.4 is 11.2 Å². The molecule has 1 fully saturated rings. The molecule has 0 saturated heterocycles. The van der Waals surface area contributed by atoms with Crippen LogP contribution in [0.3, 0.4) is 0 Å². The molecule has 0 bridgehead atoms. The maximum absolute atomic E-state index is 12.8. The Hall–Kier alpha value is -2.21. The molecule has 3 aliphatic rings. The van der Waals surface area contributed by atoms with Crippen molar-refractivity contribution >= 4 is 18.0 Å². The van der Waals surface area contributed by atoms with E-state index in [0.29, 0.717) is 18.4 Å². The van der Waals surface area contributed by atoms with Gasteiger partial charge < -0.3 is 10.8 Å². The quantitative estimate of drug-likeness (QED) is 0.543. The second kappa shape index (κ2) is 5.41. The van der Waals surface area contributed by atoms with Crippen LogP contribution in [0.4, 0.5) is 4.79 Å². The second-order valence-corrected chi connectivity index (χ2v) is 7.03. The molecule has 0 aliphatic heterocycles. The van der Waals surface area contributed by atoms with Crippen molar-refractivity contribution in [1.82, 2.24) is 5.43 Å². The molecule has 4 N–H and O–H groups in total. The summed E-state index contributed by atoms with van der Waals surface area (Å²) in [6, 6.07) is -0.694. The number of hydrogen-bond donors (Lipinski definition) is 3. The van der Waals surface area contributed by atoms with Crippen LogP contribution in [0.5, 0.6) is 0 Å². The van der Waals surface area contributed by atoms with E-state index in [1.54, 1.807) is 13.1 Å². The van der Waals surface area contributed by atoms with Gasteiger partial charge >= 0.3 is 6.03 Å². The smallest absolute Gasteiger partial charge is 0.332 e. The molecule has 128 valence electrons. The fourth-order valence-electron chi connectivity index (χ4n) is 4.12. The number of hydrogen-bond acceptors (Lipinski definition) is 4. The predicted molar refractivity (Wildman–Crippen MR) is 91.2 cm³/mol. The van der Waals surface area contributed by atoms with E-state index in [2.05, 4.69) is 10.5 Å². The van der Waals surface area contributed by atoms with Crippen LogP contribution in [0.2, 0.25) is 0 Å². The summed E-state index contributed by atoms with van der Waals surface area (Å²) in [6.45, 7) is 5.68. The number of allylic oxidation sites excluding steroid dienone is 4. The van der Waals surface area contributed by atoms with Crippen molar-refractivity contribution in [3.8, 4) is 0 Å². The van der Waals surface area contributed by atoms with Crippen molar-refractivity contribution in [2.75, 3.05) is 0 Å². The number of fused-ring (bicyclic) bond motifs is 1. The molecule has 6 nitrogen and oxygen atoms in total. The molecule has 0 radical (unpaired) electrons. The minimum absolute atomic E-state index is 0.168. The van der Waals surface area contributed by atoms with Crippen molar-refractivity contribution in [2.24, 2.45) is 16.3 Å². The van der Waals surface area contributed by atoms with Crippen LogP contribution in [0.15, 0.2) is 39.0 Å². The fraction of sp³-hybridized carbons (Fsp3) is 0.500. The molecule has 1 saturated carbocycles. The molecule has 6 heteroatoms. The first-order valence-electron chi connectivity index (χ1n) is 8.20. The molecule has 0 heterocycles. The minimum Gasteiger partial charge on any atom is -0.381 e. The third-order valence-corrected chi connectivity index (χ3v) is 5.66. The Morgan fingerprint density at radius 2 is 2.12 bits per heavy atom. The number of urea groups is 1. The minimum atomic E-state index is -1.31. The molecule has 0 aromatic rings. The molecular weight excluding hydrogens is 306 g/mol. The maximum Gasteiger partial charge on any atom is 0.332 e. The number of nitrogens with one attached hydrogen (secondary N) is 1. The number of nitrogens with two attached hydrogens (primary N) is 1. The summed E-state index contributed by atoms with van der Waals surface area (Å²) in [5.74, 6) is -0.168. The number of rotatable bonds is 4. The number of carbonyl (C=O) groups excluding carboxylic acids is 2. The average molecular weight is 329 g/mol. The van der Waals surface area contributed by atoms with Crippen molar-refractivity contribution in [1.29, 1.82) is 0 Å². The Labute approximate surface area is 141 Å². The van der Waals surface area contributed by atoms with E-state index in [0.717, 1.165) is 35.1 Å². The highest BCUT2D eigenvalue weighted by Crippen LogP contribution is 2.65. The largest absolute Gasteiger partial charge is 0.381 e. The fourth-order valence-corrected chi connectivity index (χ4v) is 4.12. The normalized spacial score (nSPS) is 27.8. The van der Waals surface area contributed by atoms with E-state index < -0.39 is 17.0 Å². The van der Waals surface area contributed by atoms with Gasteiger partial charge in [-0.3, -0.25) is 4.79 Å². The summed E-state index contributed by atoms with van der Waals surface area (Å²) in [5, 5.41) is 14.6. The number of amides is 2. The van der Waals surface area contributed by atoms with Gasteiger partial charge in [-0.05, 0) is 69.2 Å². The van der Waals surface area contributed by atoms with Crippen molar-refractivity contribution < 1.29 is 14.7 Å². The van der Waals surface area contributed by atoms with Gasteiger partial charge in [-0.1, -0.05) is 5.57 Å². The first-order chi connectivity index (χ1) is 11.2. The van der Waals surface area contributed by atoms with Gasteiger partial charge in [-0.25, -0.2) is 10.2 Å². The topological polar surface area (TPSA) is 105 Å². The zero-order chi connectivity index (χ0) is 17.7. The summed E-state index contributed by atoms with van der Waals surface area (Å²) in [4.78, 5) is 23.4. The number of carbonyl (C=O) groups is 2. The standard InChI is InChI=1S/C18H23N3O3/c1-10-9-13-14(12(10)5-4-8-20-21-16(19)23)11(2)18(6-7-18)17(3,24)15(13)22/h8-9,24H,4-7H2,1-3H3,(H3,19,21,23). The maximum atomic E-state index is 12.8. The summed E-state index contributed by atoms with van der Waals surface area (Å²) in [6.07, 6.45) is 6.54. The second-order valence-electron chi connectivity index (χ2n) is 7.03. The number of nitrogens with zero attached hydrogens (tertiary/aromatic N) is 1. The van der Waals surface area contributed by atoms with Crippen molar-refractivity contribution in [3.63, 3.8) is 0 Å². The number of hydrazone groups is 1. The third kappa shape index (κ3) is 2.24.